The largest absolute Gasteiger partial charge is 0.489 e. The van der Waals surface area contributed by atoms with E-state index in [9.17, 15) is 0 Å². The number of hydrogen-bond acceptors (Lipinski definition) is 3. The van der Waals surface area contributed by atoms with E-state index in [0.717, 1.165) is 38.2 Å². The van der Waals surface area contributed by atoms with Crippen molar-refractivity contribution in [3.8, 4) is 5.75 Å². The Morgan fingerprint density at radius 3 is 2.70 bits per heavy atom. The molecular formula is C30H36O3. The van der Waals surface area contributed by atoms with E-state index in [-0.39, 0.29) is 11.2 Å². The number of ether oxygens (including phenoxy) is 3. The zero-order chi connectivity index (χ0) is 22.5. The van der Waals surface area contributed by atoms with Gasteiger partial charge >= 0.3 is 0 Å². The van der Waals surface area contributed by atoms with E-state index in [1.165, 1.54) is 30.4 Å². The van der Waals surface area contributed by atoms with Crippen LogP contribution in [0.1, 0.15) is 61.6 Å². The van der Waals surface area contributed by atoms with Crippen LogP contribution in [0.15, 0.2) is 61.2 Å². The fraction of sp³-hybridized carbons (Fsp3) is 0.533. The van der Waals surface area contributed by atoms with E-state index in [2.05, 4.69) is 62.0 Å². The topological polar surface area (TPSA) is 27.7 Å². The average Bonchev–Trinajstić information content (AvgIpc) is 3.41. The van der Waals surface area contributed by atoms with Gasteiger partial charge in [0.15, 0.2) is 5.79 Å². The van der Waals surface area contributed by atoms with Crippen molar-refractivity contribution >= 4 is 0 Å². The van der Waals surface area contributed by atoms with E-state index in [0.29, 0.717) is 30.3 Å². The number of benzene rings is 2. The van der Waals surface area contributed by atoms with Gasteiger partial charge in [0.1, 0.15) is 12.4 Å². The van der Waals surface area contributed by atoms with Gasteiger partial charge in [-0.05, 0) is 84.6 Å². The molecule has 2 aromatic carbocycles. The molecule has 0 bridgehead atoms. The highest BCUT2D eigenvalue weighted by atomic mass is 16.7. The van der Waals surface area contributed by atoms with E-state index in [4.69, 9.17) is 14.2 Å². The van der Waals surface area contributed by atoms with Crippen molar-refractivity contribution in [1.29, 1.82) is 0 Å². The van der Waals surface area contributed by atoms with Crippen LogP contribution in [0.2, 0.25) is 0 Å². The third kappa shape index (κ3) is 3.39. The SMILES string of the molecule is C=CC[C@@H]1CC2(OCCO2)[C@@]2(C)CC[C@@H]3c4ccc(OCc5ccccc5)cc4CCC3[C@H]12. The second kappa shape index (κ2) is 8.29. The second-order valence-corrected chi connectivity index (χ2v) is 10.9. The minimum absolute atomic E-state index is 0.106. The van der Waals surface area contributed by atoms with Crippen molar-refractivity contribution in [2.24, 2.45) is 23.2 Å². The van der Waals surface area contributed by atoms with Crippen LogP contribution in [0, 0.1) is 23.2 Å². The molecule has 0 amide bonds. The highest BCUT2D eigenvalue weighted by Gasteiger charge is 2.68. The summed E-state index contributed by atoms with van der Waals surface area (Å²) >= 11 is 0. The fourth-order valence-electron chi connectivity index (χ4n) is 8.00. The summed E-state index contributed by atoms with van der Waals surface area (Å²) in [7, 11) is 0. The van der Waals surface area contributed by atoms with Crippen molar-refractivity contribution in [3.63, 3.8) is 0 Å². The average molecular weight is 445 g/mol. The Morgan fingerprint density at radius 2 is 1.91 bits per heavy atom. The van der Waals surface area contributed by atoms with Crippen molar-refractivity contribution < 1.29 is 14.2 Å². The zero-order valence-corrected chi connectivity index (χ0v) is 19.8. The molecule has 1 heterocycles. The molecule has 0 aromatic heterocycles. The van der Waals surface area contributed by atoms with Gasteiger partial charge in [0.25, 0.3) is 0 Å². The lowest BCUT2D eigenvalue weighted by Gasteiger charge is -2.53. The van der Waals surface area contributed by atoms with E-state index in [1.807, 2.05) is 6.07 Å². The molecule has 3 nitrogen and oxygen atoms in total. The van der Waals surface area contributed by atoms with E-state index >= 15 is 0 Å². The summed E-state index contributed by atoms with van der Waals surface area (Å²) in [5.41, 5.74) is 4.37. The first-order valence-corrected chi connectivity index (χ1v) is 12.8. The maximum Gasteiger partial charge on any atom is 0.174 e. The summed E-state index contributed by atoms with van der Waals surface area (Å²) in [5, 5.41) is 0. The number of rotatable bonds is 5. The van der Waals surface area contributed by atoms with Crippen LogP contribution < -0.4 is 4.74 Å². The van der Waals surface area contributed by atoms with Crippen LogP contribution >= 0.6 is 0 Å². The molecule has 1 aliphatic heterocycles. The van der Waals surface area contributed by atoms with Gasteiger partial charge in [-0.3, -0.25) is 0 Å². The Hall–Kier alpha value is -2.10. The van der Waals surface area contributed by atoms with Gasteiger partial charge < -0.3 is 14.2 Å². The summed E-state index contributed by atoms with van der Waals surface area (Å²) in [5.74, 6) is 3.20. The highest BCUT2D eigenvalue weighted by Crippen LogP contribution is 2.68. The van der Waals surface area contributed by atoms with Crippen LogP contribution in [0.25, 0.3) is 0 Å². The van der Waals surface area contributed by atoms with Crippen molar-refractivity contribution in [3.05, 3.63) is 77.9 Å². The fourth-order valence-corrected chi connectivity index (χ4v) is 8.00. The van der Waals surface area contributed by atoms with Crippen LogP contribution in [-0.2, 0) is 22.5 Å². The molecule has 4 aliphatic rings. The van der Waals surface area contributed by atoms with Gasteiger partial charge in [0.05, 0.1) is 13.2 Å². The molecule has 174 valence electrons. The normalized spacial score (nSPS) is 33.8. The minimum Gasteiger partial charge on any atom is -0.489 e. The standard InChI is InChI=1S/C30H36O3/c1-3-7-23-19-30(32-16-17-33-30)29(2)15-14-26-25-13-11-24(31-20-21-8-5-4-6-9-21)18-22(25)10-12-27(26)28(23)29/h3-6,8-9,11,13,18,23,26-28H,1,7,10,12,14-17,19-20H2,2H3/t23-,26-,27?,28+,29+/m1/s1. The Balaban J connectivity index is 1.26. The third-order valence-electron chi connectivity index (χ3n) is 9.33. The maximum absolute atomic E-state index is 6.41. The number of allylic oxidation sites excluding steroid dienone is 1. The van der Waals surface area contributed by atoms with Gasteiger partial charge in [-0.2, -0.15) is 0 Å². The summed E-state index contributed by atoms with van der Waals surface area (Å²) in [6.45, 7) is 8.67. The molecule has 3 heteroatoms. The number of hydrogen-bond donors (Lipinski definition) is 0. The van der Waals surface area contributed by atoms with Crippen LogP contribution in [-0.4, -0.2) is 19.0 Å². The second-order valence-electron chi connectivity index (χ2n) is 10.9. The first-order valence-electron chi connectivity index (χ1n) is 12.8. The predicted octanol–water partition coefficient (Wildman–Crippen LogP) is 6.67. The first kappa shape index (κ1) is 21.4. The zero-order valence-electron chi connectivity index (χ0n) is 19.8. The molecule has 0 radical (unpaired) electrons. The summed E-state index contributed by atoms with van der Waals surface area (Å²) < 4.78 is 19.0. The van der Waals surface area contributed by atoms with Crippen molar-refractivity contribution in [2.45, 2.75) is 63.8 Å². The molecule has 5 atom stereocenters. The Labute approximate surface area is 198 Å². The molecule has 0 N–H and O–H groups in total. The molecular weight excluding hydrogens is 408 g/mol. The maximum atomic E-state index is 6.41. The third-order valence-corrected chi connectivity index (χ3v) is 9.33. The molecule has 3 fully saturated rings. The van der Waals surface area contributed by atoms with Gasteiger partial charge in [-0.25, -0.2) is 0 Å². The van der Waals surface area contributed by atoms with Gasteiger partial charge in [0, 0.05) is 11.8 Å². The highest BCUT2D eigenvalue weighted by molar-refractivity contribution is 5.41. The predicted molar refractivity (Wildman–Crippen MR) is 130 cm³/mol. The Bertz CT molecular complexity index is 1010. The summed E-state index contributed by atoms with van der Waals surface area (Å²) in [4.78, 5) is 0. The molecule has 1 saturated heterocycles. The van der Waals surface area contributed by atoms with Crippen molar-refractivity contribution in [2.75, 3.05) is 13.2 Å². The Kier molecular flexibility index (Phi) is 5.38. The lowest BCUT2D eigenvalue weighted by atomic mass is 9.53. The van der Waals surface area contributed by atoms with Gasteiger partial charge in [-0.15, -0.1) is 6.58 Å². The number of fused-ring (bicyclic) bond motifs is 6. The molecule has 6 rings (SSSR count). The van der Waals surface area contributed by atoms with Crippen LogP contribution in [0.5, 0.6) is 5.75 Å². The lowest BCUT2D eigenvalue weighted by molar-refractivity contribution is -0.237. The summed E-state index contributed by atoms with van der Waals surface area (Å²) in [6, 6.07) is 17.3. The summed E-state index contributed by atoms with van der Waals surface area (Å²) in [6.07, 6.45) is 9.02. The minimum atomic E-state index is -0.369. The van der Waals surface area contributed by atoms with Gasteiger partial charge in [-0.1, -0.05) is 49.4 Å². The van der Waals surface area contributed by atoms with Gasteiger partial charge in [0.2, 0.25) is 0 Å². The molecule has 1 spiro atoms. The smallest absolute Gasteiger partial charge is 0.174 e. The molecule has 33 heavy (non-hydrogen) atoms. The molecule has 1 unspecified atom stereocenters. The van der Waals surface area contributed by atoms with Crippen molar-refractivity contribution in [1.82, 2.24) is 0 Å². The molecule has 2 aromatic rings. The molecule has 2 saturated carbocycles. The molecule has 3 aliphatic carbocycles. The Morgan fingerprint density at radius 1 is 1.09 bits per heavy atom. The quantitative estimate of drug-likeness (QED) is 0.482. The first-order chi connectivity index (χ1) is 16.1. The van der Waals surface area contributed by atoms with Crippen LogP contribution in [0.4, 0.5) is 0 Å². The lowest BCUT2D eigenvalue weighted by Crippen LogP contribution is -2.51. The van der Waals surface area contributed by atoms with E-state index in [1.54, 1.807) is 5.56 Å². The monoisotopic (exact) mass is 444 g/mol. The van der Waals surface area contributed by atoms with Crippen LogP contribution in [0.3, 0.4) is 0 Å². The van der Waals surface area contributed by atoms with E-state index < -0.39 is 0 Å². The number of aryl methyl sites for hydroxylation is 1.